The van der Waals surface area contributed by atoms with Gasteiger partial charge in [-0.15, -0.1) is 0 Å². The number of fused-ring (bicyclic) bond motifs is 2. The smallest absolute Gasteiger partial charge is 0.262 e. The average Bonchev–Trinajstić information content (AvgIpc) is 3.00. The average molecular weight is 369 g/mol. The summed E-state index contributed by atoms with van der Waals surface area (Å²) in [6.45, 7) is 1.91. The van der Waals surface area contributed by atoms with Gasteiger partial charge in [0.05, 0.1) is 11.1 Å². The third-order valence-corrected chi connectivity index (χ3v) is 6.37. The molecule has 8 nitrogen and oxygen atoms in total. The molecule has 1 aromatic carbocycles. The molecule has 4 atom stereocenters. The number of carbonyl (C=O) groups excluding carboxylic acids is 4. The molecule has 4 amide bonds. The molecule has 5 rings (SSSR count). The Morgan fingerprint density at radius 2 is 1.74 bits per heavy atom. The Bertz CT molecular complexity index is 885. The Morgan fingerprint density at radius 3 is 2.41 bits per heavy atom. The van der Waals surface area contributed by atoms with Crippen LogP contribution in [0.4, 0.5) is 5.69 Å². The molecule has 140 valence electrons. The number of aliphatic hydroxyl groups excluding tert-OH is 1. The lowest BCUT2D eigenvalue weighted by molar-refractivity contribution is -0.136. The van der Waals surface area contributed by atoms with Gasteiger partial charge in [0.1, 0.15) is 6.04 Å². The topological polar surface area (TPSA) is 107 Å². The zero-order valence-electron chi connectivity index (χ0n) is 14.6. The van der Waals surface area contributed by atoms with Crippen molar-refractivity contribution in [3.05, 3.63) is 29.3 Å². The van der Waals surface area contributed by atoms with Crippen LogP contribution in [0.1, 0.15) is 33.6 Å². The number of amides is 4. The van der Waals surface area contributed by atoms with Crippen LogP contribution in [0, 0.1) is 17.8 Å². The number of hydrogen-bond donors (Lipinski definition) is 2. The van der Waals surface area contributed by atoms with E-state index in [1.54, 1.807) is 12.1 Å². The molecular formula is C19H19N3O5. The van der Waals surface area contributed by atoms with Gasteiger partial charge in [-0.25, -0.2) is 0 Å². The number of imide groups is 2. The van der Waals surface area contributed by atoms with E-state index in [0.717, 1.165) is 23.7 Å². The van der Waals surface area contributed by atoms with Crippen molar-refractivity contribution in [2.45, 2.75) is 18.9 Å². The third-order valence-electron chi connectivity index (χ3n) is 6.37. The molecule has 1 saturated carbocycles. The van der Waals surface area contributed by atoms with E-state index in [2.05, 4.69) is 10.2 Å². The first kappa shape index (κ1) is 16.4. The van der Waals surface area contributed by atoms with Gasteiger partial charge in [-0.1, -0.05) is 0 Å². The van der Waals surface area contributed by atoms with Crippen molar-refractivity contribution < 1.29 is 24.3 Å². The molecule has 2 N–H and O–H groups in total. The van der Waals surface area contributed by atoms with Crippen LogP contribution in [0.25, 0.3) is 0 Å². The van der Waals surface area contributed by atoms with Crippen LogP contribution < -0.4 is 10.2 Å². The maximum atomic E-state index is 12.9. The number of nitrogens with one attached hydrogen (secondary N) is 1. The number of piperidine rings is 2. The molecule has 0 spiro atoms. The van der Waals surface area contributed by atoms with Crippen LogP contribution in [0.15, 0.2) is 18.2 Å². The van der Waals surface area contributed by atoms with Gasteiger partial charge in [-0.05, 0) is 42.4 Å². The van der Waals surface area contributed by atoms with Crippen LogP contribution in [0.5, 0.6) is 0 Å². The van der Waals surface area contributed by atoms with Crippen LogP contribution in [-0.4, -0.2) is 59.4 Å². The zero-order valence-corrected chi connectivity index (χ0v) is 14.6. The largest absolute Gasteiger partial charge is 0.396 e. The fraction of sp³-hybridized carbons (Fsp3) is 0.474. The molecule has 2 saturated heterocycles. The first-order valence-corrected chi connectivity index (χ1v) is 9.21. The van der Waals surface area contributed by atoms with Gasteiger partial charge in [0.15, 0.2) is 0 Å². The van der Waals surface area contributed by atoms with E-state index in [1.807, 2.05) is 6.07 Å². The standard InChI is InChI=1S/C19H19N3O5/c23-8-14-12-6-21(7-13(12)14)9-1-2-10-11(5-9)19(27)22(18(10)26)15-3-4-16(24)20-17(15)25/h1-2,5,12-15,23H,3-4,6-8H2,(H,20,24,25)/t12-,13+,14?,15?. The summed E-state index contributed by atoms with van der Waals surface area (Å²) in [5.41, 5.74) is 1.48. The fourth-order valence-electron chi connectivity index (χ4n) is 4.79. The highest BCUT2D eigenvalue weighted by Crippen LogP contribution is 2.52. The summed E-state index contributed by atoms with van der Waals surface area (Å²) in [7, 11) is 0. The van der Waals surface area contributed by atoms with Crippen molar-refractivity contribution in [1.29, 1.82) is 0 Å². The summed E-state index contributed by atoms with van der Waals surface area (Å²) in [6.07, 6.45) is 0.263. The lowest BCUT2D eigenvalue weighted by Crippen LogP contribution is -2.54. The van der Waals surface area contributed by atoms with E-state index >= 15 is 0 Å². The van der Waals surface area contributed by atoms with Crippen molar-refractivity contribution in [2.75, 3.05) is 24.6 Å². The number of anilines is 1. The van der Waals surface area contributed by atoms with Crippen LogP contribution in [-0.2, 0) is 9.59 Å². The Morgan fingerprint density at radius 1 is 1.04 bits per heavy atom. The summed E-state index contributed by atoms with van der Waals surface area (Å²) in [6, 6.07) is 4.25. The minimum atomic E-state index is -0.941. The molecule has 8 heteroatoms. The van der Waals surface area contributed by atoms with E-state index in [0.29, 0.717) is 28.9 Å². The Kier molecular flexibility index (Phi) is 3.42. The minimum Gasteiger partial charge on any atom is -0.396 e. The predicted octanol–water partition coefficient (Wildman–Crippen LogP) is -0.238. The minimum absolute atomic E-state index is 0.109. The number of benzene rings is 1. The van der Waals surface area contributed by atoms with Crippen LogP contribution in [0.2, 0.25) is 0 Å². The molecule has 3 aliphatic heterocycles. The number of aliphatic hydroxyl groups is 1. The highest BCUT2D eigenvalue weighted by atomic mass is 16.3. The van der Waals surface area contributed by atoms with E-state index in [9.17, 15) is 24.3 Å². The second kappa shape index (κ2) is 5.63. The number of hydrogen-bond acceptors (Lipinski definition) is 6. The number of carbonyl (C=O) groups is 4. The highest BCUT2D eigenvalue weighted by Gasteiger charge is 2.55. The van der Waals surface area contributed by atoms with E-state index in [1.165, 1.54) is 0 Å². The van der Waals surface area contributed by atoms with Gasteiger partial charge in [-0.2, -0.15) is 0 Å². The summed E-state index contributed by atoms with van der Waals surface area (Å²) >= 11 is 0. The quantitative estimate of drug-likeness (QED) is 0.713. The van der Waals surface area contributed by atoms with Gasteiger partial charge < -0.3 is 10.0 Å². The molecular weight excluding hydrogens is 350 g/mol. The molecule has 0 aromatic heterocycles. The Balaban J connectivity index is 1.39. The van der Waals surface area contributed by atoms with Gasteiger partial charge in [0.25, 0.3) is 11.8 Å². The Hall–Kier alpha value is -2.74. The first-order chi connectivity index (χ1) is 13.0. The maximum absolute atomic E-state index is 12.9. The summed E-state index contributed by atoms with van der Waals surface area (Å²) in [4.78, 5) is 52.2. The van der Waals surface area contributed by atoms with Crippen molar-refractivity contribution in [2.24, 2.45) is 17.8 Å². The number of nitrogens with zero attached hydrogens (tertiary/aromatic N) is 2. The van der Waals surface area contributed by atoms with E-state index in [4.69, 9.17) is 0 Å². The zero-order chi connectivity index (χ0) is 18.9. The first-order valence-electron chi connectivity index (χ1n) is 9.21. The van der Waals surface area contributed by atoms with Crippen molar-refractivity contribution in [3.63, 3.8) is 0 Å². The van der Waals surface area contributed by atoms with Crippen molar-refractivity contribution in [3.8, 4) is 0 Å². The van der Waals surface area contributed by atoms with Crippen LogP contribution in [0.3, 0.4) is 0 Å². The van der Waals surface area contributed by atoms with Gasteiger partial charge >= 0.3 is 0 Å². The lowest BCUT2D eigenvalue weighted by Gasteiger charge is -2.27. The summed E-state index contributed by atoms with van der Waals surface area (Å²) < 4.78 is 0. The molecule has 1 aromatic rings. The SMILES string of the molecule is O=C1CCC(N2C(=O)c3ccc(N4C[C@@H]5C(CO)[C@@H]5C4)cc3C2=O)C(=O)N1. The molecule has 27 heavy (non-hydrogen) atoms. The highest BCUT2D eigenvalue weighted by molar-refractivity contribution is 6.23. The molecule has 4 aliphatic rings. The molecule has 2 unspecified atom stereocenters. The molecule has 1 aliphatic carbocycles. The lowest BCUT2D eigenvalue weighted by atomic mass is 10.0. The predicted molar refractivity (Wildman–Crippen MR) is 92.9 cm³/mol. The second-order valence-corrected chi connectivity index (χ2v) is 7.76. The summed E-state index contributed by atoms with van der Waals surface area (Å²) in [5, 5.41) is 11.5. The monoisotopic (exact) mass is 369 g/mol. The van der Waals surface area contributed by atoms with Crippen molar-refractivity contribution in [1.82, 2.24) is 10.2 Å². The fourth-order valence-corrected chi connectivity index (χ4v) is 4.79. The molecule has 3 heterocycles. The van der Waals surface area contributed by atoms with E-state index in [-0.39, 0.29) is 25.4 Å². The molecule has 3 fully saturated rings. The molecule has 0 bridgehead atoms. The van der Waals surface area contributed by atoms with Gasteiger partial charge in [-0.3, -0.25) is 29.4 Å². The van der Waals surface area contributed by atoms with E-state index < -0.39 is 23.8 Å². The Labute approximate surface area is 155 Å². The summed E-state index contributed by atoms with van der Waals surface area (Å²) in [5.74, 6) is -0.563. The number of rotatable bonds is 3. The van der Waals surface area contributed by atoms with Crippen molar-refractivity contribution >= 4 is 29.3 Å². The normalized spacial score (nSPS) is 31.9. The maximum Gasteiger partial charge on any atom is 0.262 e. The second-order valence-electron chi connectivity index (χ2n) is 7.76. The third kappa shape index (κ3) is 2.32. The van der Waals surface area contributed by atoms with Crippen LogP contribution >= 0.6 is 0 Å². The molecule has 0 radical (unpaired) electrons. The van der Waals surface area contributed by atoms with Gasteiger partial charge in [0, 0.05) is 31.8 Å². The van der Waals surface area contributed by atoms with Gasteiger partial charge in [0.2, 0.25) is 11.8 Å².